The van der Waals surface area contributed by atoms with Crippen LogP contribution in [0.3, 0.4) is 0 Å². The van der Waals surface area contributed by atoms with Crippen LogP contribution < -0.4 is 10.9 Å². The molecular weight excluding hydrogens is 414 g/mol. The van der Waals surface area contributed by atoms with Crippen LogP contribution in [-0.4, -0.2) is 46.9 Å². The lowest BCUT2D eigenvalue weighted by Crippen LogP contribution is -2.37. The van der Waals surface area contributed by atoms with Gasteiger partial charge in [0.1, 0.15) is 0 Å². The molecule has 5 rings (SSSR count). The van der Waals surface area contributed by atoms with Gasteiger partial charge in [0.05, 0.1) is 19.2 Å². The van der Waals surface area contributed by atoms with Crippen molar-refractivity contribution in [2.45, 2.75) is 32.5 Å². The number of aromatic nitrogens is 2. The number of hydrazine groups is 1. The Balaban J connectivity index is 1.36. The summed E-state index contributed by atoms with van der Waals surface area (Å²) in [6.45, 7) is 6.38. The van der Waals surface area contributed by atoms with Gasteiger partial charge in [-0.05, 0) is 18.1 Å². The fourth-order valence-corrected chi connectivity index (χ4v) is 5.01. The number of fused-ring (bicyclic) bond motifs is 1. The van der Waals surface area contributed by atoms with Crippen molar-refractivity contribution in [3.8, 4) is 0 Å². The van der Waals surface area contributed by atoms with E-state index < -0.39 is 0 Å². The van der Waals surface area contributed by atoms with E-state index in [4.69, 9.17) is 9.84 Å². The van der Waals surface area contributed by atoms with Crippen LogP contribution in [0.1, 0.15) is 45.8 Å². The minimum Gasteiger partial charge on any atom is -0.461 e. The van der Waals surface area contributed by atoms with Crippen LogP contribution in [0.25, 0.3) is 0 Å². The molecule has 2 aromatic carbocycles. The van der Waals surface area contributed by atoms with Gasteiger partial charge in [-0.1, -0.05) is 60.7 Å². The predicted molar refractivity (Wildman–Crippen MR) is 127 cm³/mol. The number of nitrogens with one attached hydrogen (secondary N) is 2. The highest BCUT2D eigenvalue weighted by Gasteiger charge is 2.33. The van der Waals surface area contributed by atoms with Crippen LogP contribution in [-0.2, 0) is 24.2 Å². The average molecular weight is 446 g/mol. The number of ether oxygens (including phenoxy) is 1. The topological polar surface area (TPSA) is 71.4 Å². The second-order valence-electron chi connectivity index (χ2n) is 8.80. The van der Waals surface area contributed by atoms with Gasteiger partial charge in [0, 0.05) is 49.8 Å². The van der Waals surface area contributed by atoms with Crippen molar-refractivity contribution in [1.29, 1.82) is 0 Å². The molecule has 0 bridgehead atoms. The third kappa shape index (κ3) is 4.71. The molecule has 3 heterocycles. The Morgan fingerprint density at radius 3 is 2.64 bits per heavy atom. The molecule has 0 amide bonds. The summed E-state index contributed by atoms with van der Waals surface area (Å²) >= 11 is 0. The van der Waals surface area contributed by atoms with Gasteiger partial charge in [-0.2, -0.15) is 5.10 Å². The first-order valence-corrected chi connectivity index (χ1v) is 11.8. The lowest BCUT2D eigenvalue weighted by atomic mass is 9.93. The monoisotopic (exact) mass is 445 g/mol. The van der Waals surface area contributed by atoms with E-state index >= 15 is 0 Å². The highest BCUT2D eigenvalue weighted by Crippen LogP contribution is 2.29. The van der Waals surface area contributed by atoms with Crippen LogP contribution in [0.5, 0.6) is 0 Å². The summed E-state index contributed by atoms with van der Waals surface area (Å²) in [5.41, 5.74) is 11.9. The molecule has 0 spiro atoms. The molecule has 0 aliphatic carbocycles. The molecule has 172 valence electrons. The van der Waals surface area contributed by atoms with E-state index in [-0.39, 0.29) is 12.0 Å². The maximum absolute atomic E-state index is 12.7. The zero-order chi connectivity index (χ0) is 22.6. The number of esters is 1. The van der Waals surface area contributed by atoms with E-state index in [0.29, 0.717) is 24.8 Å². The number of rotatable bonds is 7. The first-order valence-electron chi connectivity index (χ1n) is 11.8. The van der Waals surface area contributed by atoms with Crippen molar-refractivity contribution in [2.24, 2.45) is 5.92 Å². The summed E-state index contributed by atoms with van der Waals surface area (Å²) in [5.74, 6) is 0.119. The highest BCUT2D eigenvalue weighted by molar-refractivity contribution is 5.89. The fraction of sp³-hybridized carbons (Fsp3) is 0.385. The van der Waals surface area contributed by atoms with Crippen LogP contribution in [0.2, 0.25) is 0 Å². The molecule has 33 heavy (non-hydrogen) atoms. The molecule has 1 fully saturated rings. The lowest BCUT2D eigenvalue weighted by Gasteiger charge is -2.31. The van der Waals surface area contributed by atoms with Crippen molar-refractivity contribution in [1.82, 2.24) is 25.5 Å². The van der Waals surface area contributed by atoms with Crippen LogP contribution >= 0.6 is 0 Å². The van der Waals surface area contributed by atoms with Gasteiger partial charge >= 0.3 is 5.97 Å². The summed E-state index contributed by atoms with van der Waals surface area (Å²) in [7, 11) is 0. The molecule has 2 unspecified atom stereocenters. The fourth-order valence-electron chi connectivity index (χ4n) is 5.01. The summed E-state index contributed by atoms with van der Waals surface area (Å²) in [6, 6.07) is 21.1. The van der Waals surface area contributed by atoms with Gasteiger partial charge < -0.3 is 4.74 Å². The molecule has 7 nitrogen and oxygen atoms in total. The van der Waals surface area contributed by atoms with Crippen LogP contribution in [0.15, 0.2) is 60.7 Å². The molecule has 2 aliphatic rings. The number of carbonyl (C=O) groups excluding carboxylic acids is 1. The van der Waals surface area contributed by atoms with Crippen molar-refractivity contribution < 1.29 is 9.53 Å². The van der Waals surface area contributed by atoms with Crippen molar-refractivity contribution >= 4 is 5.97 Å². The van der Waals surface area contributed by atoms with E-state index in [1.807, 2.05) is 29.8 Å². The van der Waals surface area contributed by atoms with Gasteiger partial charge in [0.25, 0.3) is 0 Å². The average Bonchev–Trinajstić information content (AvgIpc) is 3.45. The Labute approximate surface area is 194 Å². The second-order valence-corrected chi connectivity index (χ2v) is 8.80. The molecular formula is C26H31N5O2. The summed E-state index contributed by atoms with van der Waals surface area (Å²) in [5, 5.41) is 4.73. The predicted octanol–water partition coefficient (Wildman–Crippen LogP) is 2.93. The Bertz CT molecular complexity index is 1080. The van der Waals surface area contributed by atoms with E-state index in [1.54, 1.807) is 0 Å². The molecule has 2 atom stereocenters. The summed E-state index contributed by atoms with van der Waals surface area (Å²) in [4.78, 5) is 15.2. The number of nitrogens with zero attached hydrogens (tertiary/aromatic N) is 3. The minimum atomic E-state index is -0.325. The molecule has 3 aromatic rings. The Morgan fingerprint density at radius 2 is 1.88 bits per heavy atom. The number of carbonyl (C=O) groups is 1. The highest BCUT2D eigenvalue weighted by atomic mass is 16.5. The minimum absolute atomic E-state index is 0.276. The smallest absolute Gasteiger partial charge is 0.359 e. The van der Waals surface area contributed by atoms with Crippen molar-refractivity contribution in [3.05, 3.63) is 88.7 Å². The largest absolute Gasteiger partial charge is 0.461 e. The quantitative estimate of drug-likeness (QED) is 0.545. The second kappa shape index (κ2) is 9.87. The number of benzene rings is 2. The SMILES string of the molecule is CCOC(=O)c1nn(Cc2ccccc2)c2c1CN(CC1CNNC1c1ccccc1)CC2. The summed E-state index contributed by atoms with van der Waals surface area (Å²) < 4.78 is 7.35. The van der Waals surface area contributed by atoms with E-state index in [2.05, 4.69) is 58.2 Å². The molecule has 2 N–H and O–H groups in total. The lowest BCUT2D eigenvalue weighted by molar-refractivity contribution is 0.0515. The molecule has 2 aliphatic heterocycles. The number of hydrogen-bond acceptors (Lipinski definition) is 6. The van der Waals surface area contributed by atoms with Gasteiger partial charge in [-0.3, -0.25) is 15.0 Å². The Kier molecular flexibility index (Phi) is 6.53. The normalized spacial score (nSPS) is 20.5. The molecule has 7 heteroatoms. The molecule has 1 saturated heterocycles. The molecule has 1 aromatic heterocycles. The molecule has 0 radical (unpaired) electrons. The van der Waals surface area contributed by atoms with Crippen molar-refractivity contribution in [3.63, 3.8) is 0 Å². The van der Waals surface area contributed by atoms with Gasteiger partial charge in [-0.15, -0.1) is 0 Å². The Hall–Kier alpha value is -3.00. The summed E-state index contributed by atoms with van der Waals surface area (Å²) in [6.07, 6.45) is 0.873. The first kappa shape index (κ1) is 21.8. The van der Waals surface area contributed by atoms with E-state index in [0.717, 1.165) is 43.9 Å². The maximum atomic E-state index is 12.7. The van der Waals surface area contributed by atoms with Gasteiger partial charge in [-0.25, -0.2) is 10.2 Å². The van der Waals surface area contributed by atoms with Crippen LogP contribution in [0, 0.1) is 5.92 Å². The molecule has 0 saturated carbocycles. The first-order chi connectivity index (χ1) is 16.2. The zero-order valence-electron chi connectivity index (χ0n) is 19.0. The van der Waals surface area contributed by atoms with E-state index in [1.165, 1.54) is 11.1 Å². The van der Waals surface area contributed by atoms with E-state index in [9.17, 15) is 4.79 Å². The van der Waals surface area contributed by atoms with Gasteiger partial charge in [0.2, 0.25) is 0 Å². The third-order valence-electron chi connectivity index (χ3n) is 6.60. The third-order valence-corrected chi connectivity index (χ3v) is 6.60. The Morgan fingerprint density at radius 1 is 1.12 bits per heavy atom. The van der Waals surface area contributed by atoms with Crippen molar-refractivity contribution in [2.75, 3.05) is 26.2 Å². The maximum Gasteiger partial charge on any atom is 0.359 e. The van der Waals surface area contributed by atoms with Gasteiger partial charge in [0.15, 0.2) is 5.69 Å². The standard InChI is InChI=1S/C26H31N5O2/c1-2-33-26(32)25-22-18-30(17-21-15-27-28-24(21)20-11-7-4-8-12-20)14-13-23(22)31(29-25)16-19-9-5-3-6-10-19/h3-12,21,24,27-28H,2,13-18H2,1H3. The number of hydrogen-bond donors (Lipinski definition) is 2. The van der Waals surface area contributed by atoms with Crippen LogP contribution in [0.4, 0.5) is 0 Å². The zero-order valence-corrected chi connectivity index (χ0v) is 19.0.